The molecule has 0 atom stereocenters. The van der Waals surface area contributed by atoms with E-state index in [-0.39, 0.29) is 36.4 Å². The smallest absolute Gasteiger partial charge is 0.323 e. The molecule has 0 radical (unpaired) electrons. The zero-order valence-electron chi connectivity index (χ0n) is 11.9. The molecule has 0 saturated carbocycles. The van der Waals surface area contributed by atoms with Crippen LogP contribution in [0.3, 0.4) is 0 Å². The second-order valence-corrected chi connectivity index (χ2v) is 4.33. The van der Waals surface area contributed by atoms with E-state index < -0.39 is 0 Å². The van der Waals surface area contributed by atoms with Crippen LogP contribution in [0.1, 0.15) is 27.2 Å². The summed E-state index contributed by atoms with van der Waals surface area (Å²) in [4.78, 5) is 23.5. The lowest BCUT2D eigenvalue weighted by Gasteiger charge is -2.10. The fourth-order valence-corrected chi connectivity index (χ4v) is 1.29. The molecule has 9 heteroatoms. The lowest BCUT2D eigenvalue weighted by molar-refractivity contribution is -0.119. The van der Waals surface area contributed by atoms with Gasteiger partial charge in [-0.2, -0.15) is 15.0 Å². The summed E-state index contributed by atoms with van der Waals surface area (Å²) in [5, 5.41) is 5.54. The van der Waals surface area contributed by atoms with Gasteiger partial charge >= 0.3 is 6.01 Å². The van der Waals surface area contributed by atoms with Crippen LogP contribution >= 0.6 is 0 Å². The monoisotopic (exact) mass is 283 g/mol. The molecule has 0 fully saturated rings. The molecule has 0 spiro atoms. The quantitative estimate of drug-likeness (QED) is 0.384. The number of nitrogens with zero attached hydrogens (tertiary/aromatic N) is 3. The number of nitrogens with two attached hydrogens (primary N) is 1. The summed E-state index contributed by atoms with van der Waals surface area (Å²) in [5.41, 5.74) is 2.32. The maximum Gasteiger partial charge on any atom is 0.323 e. The molecule has 1 amide bonds. The lowest BCUT2D eigenvalue weighted by atomic mass is 10.4. The molecule has 9 nitrogen and oxygen atoms in total. The van der Waals surface area contributed by atoms with Gasteiger partial charge in [-0.15, -0.1) is 0 Å². The molecule has 1 rings (SSSR count). The van der Waals surface area contributed by atoms with Crippen LogP contribution in [0.25, 0.3) is 0 Å². The van der Waals surface area contributed by atoms with Crippen LogP contribution in [0.2, 0.25) is 0 Å². The first-order chi connectivity index (χ1) is 9.55. The van der Waals surface area contributed by atoms with Gasteiger partial charge in [-0.3, -0.25) is 10.2 Å². The summed E-state index contributed by atoms with van der Waals surface area (Å²) in [6.07, 6.45) is 0.830. The standard InChI is InChI=1S/C11H21N7O2/c1-4-5-20-11-16-9(15-10(17-11)18-12)13-6-8(19)14-7(2)3/h7H,4-6,12H2,1-3H3,(H,14,19)(H2,13,15,16,17,18). The number of hydrogen-bond acceptors (Lipinski definition) is 8. The van der Waals surface area contributed by atoms with Crippen LogP contribution in [-0.4, -0.2) is 40.1 Å². The van der Waals surface area contributed by atoms with Crippen molar-refractivity contribution in [3.8, 4) is 6.01 Å². The molecule has 0 aliphatic rings. The average Bonchev–Trinajstić information content (AvgIpc) is 2.42. The van der Waals surface area contributed by atoms with Crippen molar-refractivity contribution in [1.82, 2.24) is 20.3 Å². The SMILES string of the molecule is CCCOc1nc(NN)nc(NCC(=O)NC(C)C)n1. The number of rotatable bonds is 8. The van der Waals surface area contributed by atoms with Crippen LogP contribution in [0.4, 0.5) is 11.9 Å². The first-order valence-electron chi connectivity index (χ1n) is 6.43. The van der Waals surface area contributed by atoms with Gasteiger partial charge in [0.15, 0.2) is 0 Å². The number of carbonyl (C=O) groups is 1. The van der Waals surface area contributed by atoms with E-state index >= 15 is 0 Å². The van der Waals surface area contributed by atoms with E-state index in [2.05, 4.69) is 31.0 Å². The predicted molar refractivity (Wildman–Crippen MR) is 75.2 cm³/mol. The van der Waals surface area contributed by atoms with Crippen LogP contribution in [0, 0.1) is 0 Å². The van der Waals surface area contributed by atoms with Crippen LogP contribution in [0.15, 0.2) is 0 Å². The molecule has 0 aromatic carbocycles. The largest absolute Gasteiger partial charge is 0.463 e. The second kappa shape index (κ2) is 8.10. The number of nitrogen functional groups attached to an aromatic ring is 1. The Labute approximate surface area is 117 Å². The third-order valence-corrected chi connectivity index (χ3v) is 2.04. The van der Waals surface area contributed by atoms with Crippen molar-refractivity contribution in [3.05, 3.63) is 0 Å². The second-order valence-electron chi connectivity index (χ2n) is 4.33. The van der Waals surface area contributed by atoms with Gasteiger partial charge in [0.1, 0.15) is 0 Å². The van der Waals surface area contributed by atoms with Crippen molar-refractivity contribution < 1.29 is 9.53 Å². The summed E-state index contributed by atoms with van der Waals surface area (Å²) < 4.78 is 5.31. The third kappa shape index (κ3) is 5.65. The molecule has 1 aromatic heterocycles. The van der Waals surface area contributed by atoms with E-state index in [9.17, 15) is 4.79 Å². The Morgan fingerprint density at radius 3 is 2.60 bits per heavy atom. The van der Waals surface area contributed by atoms with E-state index in [1.807, 2.05) is 20.8 Å². The molecule has 5 N–H and O–H groups in total. The van der Waals surface area contributed by atoms with Crippen molar-refractivity contribution in [2.24, 2.45) is 5.84 Å². The van der Waals surface area contributed by atoms with E-state index in [1.165, 1.54) is 0 Å². The maximum atomic E-state index is 11.5. The van der Waals surface area contributed by atoms with E-state index in [0.29, 0.717) is 6.61 Å². The zero-order valence-corrected chi connectivity index (χ0v) is 11.9. The van der Waals surface area contributed by atoms with Crippen molar-refractivity contribution in [2.45, 2.75) is 33.2 Å². The number of ether oxygens (including phenoxy) is 1. The van der Waals surface area contributed by atoms with Gasteiger partial charge in [-0.05, 0) is 20.3 Å². The number of amides is 1. The lowest BCUT2D eigenvalue weighted by Crippen LogP contribution is -2.35. The van der Waals surface area contributed by atoms with Gasteiger partial charge in [0.2, 0.25) is 17.8 Å². The van der Waals surface area contributed by atoms with Gasteiger partial charge in [0.25, 0.3) is 0 Å². The Kier molecular flexibility index (Phi) is 6.44. The van der Waals surface area contributed by atoms with Gasteiger partial charge in [0, 0.05) is 6.04 Å². The molecule has 0 unspecified atom stereocenters. The maximum absolute atomic E-state index is 11.5. The van der Waals surface area contributed by atoms with Crippen molar-refractivity contribution in [1.29, 1.82) is 0 Å². The number of hydrogen-bond donors (Lipinski definition) is 4. The van der Waals surface area contributed by atoms with Gasteiger partial charge in [0.05, 0.1) is 13.2 Å². The Hall–Kier alpha value is -2.16. The summed E-state index contributed by atoms with van der Waals surface area (Å²) >= 11 is 0. The Balaban J connectivity index is 2.65. The van der Waals surface area contributed by atoms with Crippen LogP contribution in [-0.2, 0) is 4.79 Å². The molecule has 1 aromatic rings. The first kappa shape index (κ1) is 15.9. The van der Waals surface area contributed by atoms with Crippen LogP contribution < -0.4 is 26.6 Å². The molecular formula is C11H21N7O2. The molecular weight excluding hydrogens is 262 g/mol. The van der Waals surface area contributed by atoms with Gasteiger partial charge < -0.3 is 15.4 Å². The van der Waals surface area contributed by atoms with Crippen LogP contribution in [0.5, 0.6) is 6.01 Å². The third-order valence-electron chi connectivity index (χ3n) is 2.04. The number of hydrazine groups is 1. The number of anilines is 2. The highest BCUT2D eigenvalue weighted by atomic mass is 16.5. The Bertz CT molecular complexity index is 439. The first-order valence-corrected chi connectivity index (χ1v) is 6.43. The minimum atomic E-state index is -0.154. The molecule has 0 bridgehead atoms. The average molecular weight is 283 g/mol. The van der Waals surface area contributed by atoms with Crippen molar-refractivity contribution >= 4 is 17.8 Å². The number of carbonyl (C=O) groups excluding carboxylic acids is 1. The molecule has 0 saturated heterocycles. The highest BCUT2D eigenvalue weighted by Gasteiger charge is 2.08. The van der Waals surface area contributed by atoms with Crippen molar-refractivity contribution in [2.75, 3.05) is 23.9 Å². The molecule has 112 valence electrons. The molecule has 1 heterocycles. The normalized spacial score (nSPS) is 10.2. The van der Waals surface area contributed by atoms with E-state index in [4.69, 9.17) is 10.6 Å². The highest BCUT2D eigenvalue weighted by Crippen LogP contribution is 2.10. The molecule has 0 aliphatic heterocycles. The van der Waals surface area contributed by atoms with E-state index in [0.717, 1.165) is 6.42 Å². The highest BCUT2D eigenvalue weighted by molar-refractivity contribution is 5.80. The zero-order chi connectivity index (χ0) is 15.0. The minimum absolute atomic E-state index is 0.0550. The van der Waals surface area contributed by atoms with Crippen molar-refractivity contribution in [3.63, 3.8) is 0 Å². The predicted octanol–water partition coefficient (Wildman–Crippen LogP) is -0.117. The molecule has 0 aliphatic carbocycles. The summed E-state index contributed by atoms with van der Waals surface area (Å²) in [5.74, 6) is 5.50. The Morgan fingerprint density at radius 2 is 2.00 bits per heavy atom. The topological polar surface area (TPSA) is 127 Å². The van der Waals surface area contributed by atoms with Gasteiger partial charge in [-0.1, -0.05) is 6.92 Å². The fourth-order valence-electron chi connectivity index (χ4n) is 1.29. The number of aromatic nitrogens is 3. The summed E-state index contributed by atoms with van der Waals surface area (Å²) in [6.45, 7) is 6.28. The summed E-state index contributed by atoms with van der Waals surface area (Å²) in [6, 6.07) is 0.231. The minimum Gasteiger partial charge on any atom is -0.463 e. The van der Waals surface area contributed by atoms with Gasteiger partial charge in [-0.25, -0.2) is 5.84 Å². The number of nitrogens with one attached hydrogen (secondary N) is 3. The Morgan fingerprint density at radius 1 is 1.30 bits per heavy atom. The molecule has 20 heavy (non-hydrogen) atoms. The van der Waals surface area contributed by atoms with E-state index in [1.54, 1.807) is 0 Å². The summed E-state index contributed by atoms with van der Waals surface area (Å²) in [7, 11) is 0. The fraction of sp³-hybridized carbons (Fsp3) is 0.636.